The molecular formula is C17H23ClN2O. The van der Waals surface area contributed by atoms with Crippen molar-refractivity contribution < 1.29 is 4.74 Å². The van der Waals surface area contributed by atoms with Gasteiger partial charge >= 0.3 is 0 Å². The lowest BCUT2D eigenvalue weighted by molar-refractivity contribution is 0.127. The van der Waals surface area contributed by atoms with Gasteiger partial charge in [0.25, 0.3) is 0 Å². The molecule has 3 rings (SSSR count). The minimum atomic E-state index is 0.726. The molecule has 0 aliphatic heterocycles. The molecule has 1 aliphatic carbocycles. The third kappa shape index (κ3) is 3.79. The Morgan fingerprint density at radius 2 is 2.19 bits per heavy atom. The zero-order valence-electron chi connectivity index (χ0n) is 12.6. The monoisotopic (exact) mass is 306 g/mol. The van der Waals surface area contributed by atoms with Crippen LogP contribution in [0.2, 0.25) is 5.02 Å². The molecule has 0 unspecified atom stereocenters. The molecule has 0 spiro atoms. The highest BCUT2D eigenvalue weighted by Gasteiger charge is 2.20. The van der Waals surface area contributed by atoms with Gasteiger partial charge in [-0.25, -0.2) is 0 Å². The summed E-state index contributed by atoms with van der Waals surface area (Å²) in [7, 11) is 0. The molecule has 1 saturated carbocycles. The van der Waals surface area contributed by atoms with E-state index in [1.807, 2.05) is 6.07 Å². The second-order valence-electron chi connectivity index (χ2n) is 5.78. The first-order valence-corrected chi connectivity index (χ1v) is 8.24. The highest BCUT2D eigenvalue weighted by Crippen LogP contribution is 2.26. The number of aromatic nitrogens is 1. The van der Waals surface area contributed by atoms with Crippen molar-refractivity contribution in [2.75, 3.05) is 13.2 Å². The first kappa shape index (κ1) is 14.9. The molecule has 1 fully saturated rings. The van der Waals surface area contributed by atoms with E-state index < -0.39 is 0 Å². The fourth-order valence-corrected chi connectivity index (χ4v) is 2.78. The Kier molecular flexibility index (Phi) is 4.84. The number of nitrogens with one attached hydrogen (secondary N) is 1. The van der Waals surface area contributed by atoms with Crippen molar-refractivity contribution in [3.05, 3.63) is 35.0 Å². The van der Waals surface area contributed by atoms with Crippen LogP contribution in [0.25, 0.3) is 10.9 Å². The van der Waals surface area contributed by atoms with E-state index >= 15 is 0 Å². The van der Waals surface area contributed by atoms with Crippen molar-refractivity contribution >= 4 is 22.5 Å². The lowest BCUT2D eigenvalue weighted by Crippen LogP contribution is -2.15. The quantitative estimate of drug-likeness (QED) is 0.747. The van der Waals surface area contributed by atoms with Gasteiger partial charge in [0.05, 0.1) is 6.61 Å². The molecule has 1 aromatic carbocycles. The summed E-state index contributed by atoms with van der Waals surface area (Å²) in [4.78, 5) is 0. The minimum absolute atomic E-state index is 0.726. The van der Waals surface area contributed by atoms with Gasteiger partial charge in [-0.05, 0) is 37.0 Å². The van der Waals surface area contributed by atoms with Gasteiger partial charge in [0, 0.05) is 47.9 Å². The average Bonchev–Trinajstić information content (AvgIpc) is 3.25. The Labute approximate surface area is 131 Å². The molecule has 1 aromatic heterocycles. The normalized spacial score (nSPS) is 15.0. The second kappa shape index (κ2) is 6.82. The van der Waals surface area contributed by atoms with Crippen molar-refractivity contribution in [3.63, 3.8) is 0 Å². The van der Waals surface area contributed by atoms with E-state index in [1.54, 1.807) is 0 Å². The van der Waals surface area contributed by atoms with Crippen LogP contribution in [-0.2, 0) is 17.8 Å². The first-order valence-electron chi connectivity index (χ1n) is 7.86. The topological polar surface area (TPSA) is 26.2 Å². The number of ether oxygens (including phenoxy) is 1. The molecule has 4 heteroatoms. The molecule has 21 heavy (non-hydrogen) atoms. The Hall–Kier alpha value is -1.03. The Morgan fingerprint density at radius 1 is 1.33 bits per heavy atom. The summed E-state index contributed by atoms with van der Waals surface area (Å²) in [5.74, 6) is 0. The standard InChI is InChI=1S/C17H23ClN2O/c1-2-8-21-9-7-20-12-13(11-19-15-4-5-15)16-6-3-14(18)10-17(16)20/h3,6,10,12,15,19H,2,4-5,7-9,11H2,1H3. The van der Waals surface area contributed by atoms with Gasteiger partial charge in [0.15, 0.2) is 0 Å². The molecule has 0 saturated heterocycles. The average molecular weight is 307 g/mol. The molecule has 0 atom stereocenters. The van der Waals surface area contributed by atoms with E-state index in [-0.39, 0.29) is 0 Å². The zero-order valence-corrected chi connectivity index (χ0v) is 13.3. The van der Waals surface area contributed by atoms with Crippen LogP contribution < -0.4 is 5.32 Å². The zero-order chi connectivity index (χ0) is 14.7. The van der Waals surface area contributed by atoms with Gasteiger partial charge in [0.2, 0.25) is 0 Å². The number of benzene rings is 1. The molecule has 0 radical (unpaired) electrons. The van der Waals surface area contributed by atoms with Gasteiger partial charge in [-0.1, -0.05) is 24.6 Å². The third-order valence-corrected chi connectivity index (χ3v) is 4.15. The smallest absolute Gasteiger partial charge is 0.0645 e. The lowest BCUT2D eigenvalue weighted by Gasteiger charge is -2.06. The van der Waals surface area contributed by atoms with Crippen molar-refractivity contribution in [2.24, 2.45) is 0 Å². The van der Waals surface area contributed by atoms with Crippen molar-refractivity contribution in [1.29, 1.82) is 0 Å². The van der Waals surface area contributed by atoms with Crippen LogP contribution in [0.15, 0.2) is 24.4 Å². The molecule has 1 heterocycles. The molecule has 3 nitrogen and oxygen atoms in total. The maximum absolute atomic E-state index is 6.16. The number of fused-ring (bicyclic) bond motifs is 1. The summed E-state index contributed by atoms with van der Waals surface area (Å²) in [5, 5.41) is 5.68. The van der Waals surface area contributed by atoms with Crippen LogP contribution in [0, 0.1) is 0 Å². The van der Waals surface area contributed by atoms with E-state index in [2.05, 4.69) is 35.1 Å². The summed E-state index contributed by atoms with van der Waals surface area (Å²) in [6.07, 6.45) is 5.94. The van der Waals surface area contributed by atoms with Gasteiger partial charge in [0.1, 0.15) is 0 Å². The predicted octanol–water partition coefficient (Wildman–Crippen LogP) is 3.97. The van der Waals surface area contributed by atoms with Crippen LogP contribution in [0.5, 0.6) is 0 Å². The summed E-state index contributed by atoms with van der Waals surface area (Å²) in [6, 6.07) is 6.88. The van der Waals surface area contributed by atoms with Gasteiger partial charge < -0.3 is 14.6 Å². The van der Waals surface area contributed by atoms with E-state index in [0.717, 1.165) is 43.8 Å². The summed E-state index contributed by atoms with van der Waals surface area (Å²) >= 11 is 6.16. The van der Waals surface area contributed by atoms with Gasteiger partial charge in [-0.2, -0.15) is 0 Å². The van der Waals surface area contributed by atoms with Crippen LogP contribution in [0.3, 0.4) is 0 Å². The number of rotatable bonds is 8. The van der Waals surface area contributed by atoms with Crippen LogP contribution in [0.1, 0.15) is 31.7 Å². The Balaban J connectivity index is 1.77. The van der Waals surface area contributed by atoms with Gasteiger partial charge in [-0.3, -0.25) is 0 Å². The van der Waals surface area contributed by atoms with E-state index in [9.17, 15) is 0 Å². The SMILES string of the molecule is CCCOCCn1cc(CNC2CC2)c2ccc(Cl)cc21. The van der Waals surface area contributed by atoms with Gasteiger partial charge in [-0.15, -0.1) is 0 Å². The summed E-state index contributed by atoms with van der Waals surface area (Å²) in [5.41, 5.74) is 2.55. The molecule has 0 amide bonds. The Bertz CT molecular complexity index is 604. The number of hydrogen-bond donors (Lipinski definition) is 1. The van der Waals surface area contributed by atoms with Crippen LogP contribution in [-0.4, -0.2) is 23.8 Å². The predicted molar refractivity (Wildman–Crippen MR) is 87.9 cm³/mol. The van der Waals surface area contributed by atoms with Crippen LogP contribution >= 0.6 is 11.6 Å². The number of halogens is 1. The van der Waals surface area contributed by atoms with E-state index in [4.69, 9.17) is 16.3 Å². The summed E-state index contributed by atoms with van der Waals surface area (Å²) in [6.45, 7) is 5.52. The fraction of sp³-hybridized carbons (Fsp3) is 0.529. The Morgan fingerprint density at radius 3 is 2.95 bits per heavy atom. The maximum Gasteiger partial charge on any atom is 0.0645 e. The summed E-state index contributed by atoms with van der Waals surface area (Å²) < 4.78 is 7.88. The van der Waals surface area contributed by atoms with E-state index in [0.29, 0.717) is 0 Å². The molecule has 114 valence electrons. The fourth-order valence-electron chi connectivity index (χ4n) is 2.62. The maximum atomic E-state index is 6.16. The van der Waals surface area contributed by atoms with Crippen LogP contribution in [0.4, 0.5) is 0 Å². The van der Waals surface area contributed by atoms with E-state index in [1.165, 1.54) is 29.3 Å². The molecular weight excluding hydrogens is 284 g/mol. The molecule has 1 aliphatic rings. The van der Waals surface area contributed by atoms with Crippen molar-refractivity contribution in [1.82, 2.24) is 9.88 Å². The molecule has 2 aromatic rings. The minimum Gasteiger partial charge on any atom is -0.380 e. The number of nitrogens with zero attached hydrogens (tertiary/aromatic N) is 1. The first-order chi connectivity index (χ1) is 10.3. The highest BCUT2D eigenvalue weighted by atomic mass is 35.5. The largest absolute Gasteiger partial charge is 0.380 e. The number of hydrogen-bond acceptors (Lipinski definition) is 2. The van der Waals surface area contributed by atoms with Crippen molar-refractivity contribution in [2.45, 2.75) is 45.3 Å². The highest BCUT2D eigenvalue weighted by molar-refractivity contribution is 6.31. The van der Waals surface area contributed by atoms with Crippen molar-refractivity contribution in [3.8, 4) is 0 Å². The molecule has 1 N–H and O–H groups in total. The third-order valence-electron chi connectivity index (χ3n) is 3.91. The second-order valence-corrected chi connectivity index (χ2v) is 6.21. The lowest BCUT2D eigenvalue weighted by atomic mass is 10.2. The molecule has 0 bridgehead atoms.